The molecule has 0 N–H and O–H groups in total. The van der Waals surface area contributed by atoms with Crippen molar-refractivity contribution in [3.05, 3.63) is 35.4 Å². The lowest BCUT2D eigenvalue weighted by atomic mass is 9.83. The van der Waals surface area contributed by atoms with E-state index in [4.69, 9.17) is 9.47 Å². The highest BCUT2D eigenvalue weighted by molar-refractivity contribution is 5.89. The van der Waals surface area contributed by atoms with E-state index in [1.807, 2.05) is 0 Å². The second-order valence-electron chi connectivity index (χ2n) is 6.84. The van der Waals surface area contributed by atoms with Gasteiger partial charge in [-0.05, 0) is 56.2 Å². The van der Waals surface area contributed by atoms with Crippen molar-refractivity contribution in [1.82, 2.24) is 0 Å². The minimum atomic E-state index is -0.461. The van der Waals surface area contributed by atoms with E-state index in [2.05, 4.69) is 6.92 Å². The predicted molar refractivity (Wildman–Crippen MR) is 93.2 cm³/mol. The molecule has 0 unspecified atom stereocenters. The van der Waals surface area contributed by atoms with Crippen LogP contribution < -0.4 is 0 Å². The minimum Gasteiger partial charge on any atom is -0.462 e. The van der Waals surface area contributed by atoms with E-state index >= 15 is 0 Å². The normalized spacial score (nSPS) is 19.9. The van der Waals surface area contributed by atoms with Crippen molar-refractivity contribution in [2.45, 2.75) is 46.0 Å². The van der Waals surface area contributed by atoms with Gasteiger partial charge < -0.3 is 9.47 Å². The molecule has 5 nitrogen and oxygen atoms in total. The molecule has 1 aromatic rings. The molecule has 1 aliphatic carbocycles. The third-order valence-corrected chi connectivity index (χ3v) is 4.55. The lowest BCUT2D eigenvalue weighted by molar-refractivity contribution is -0.151. The molecule has 0 atom stereocenters. The number of hydrogen-bond donors (Lipinski definition) is 0. The smallest absolute Gasteiger partial charge is 0.338 e. The van der Waals surface area contributed by atoms with Gasteiger partial charge in [0.2, 0.25) is 0 Å². The summed E-state index contributed by atoms with van der Waals surface area (Å²) in [6, 6.07) is 6.75. The molecule has 1 aliphatic rings. The van der Waals surface area contributed by atoms with Gasteiger partial charge in [0.25, 0.3) is 0 Å². The molecular weight excluding hydrogens is 320 g/mol. The second-order valence-corrected chi connectivity index (χ2v) is 6.84. The molecule has 0 aliphatic heterocycles. The number of carbonyl (C=O) groups is 3. The van der Waals surface area contributed by atoms with Gasteiger partial charge in [-0.2, -0.15) is 0 Å². The molecule has 25 heavy (non-hydrogen) atoms. The van der Waals surface area contributed by atoms with E-state index < -0.39 is 5.97 Å². The van der Waals surface area contributed by atoms with Gasteiger partial charge in [0.1, 0.15) is 19.0 Å². The summed E-state index contributed by atoms with van der Waals surface area (Å²) < 4.78 is 10.3. The van der Waals surface area contributed by atoms with Crippen molar-refractivity contribution in [3.63, 3.8) is 0 Å². The van der Waals surface area contributed by atoms with E-state index in [-0.39, 0.29) is 30.9 Å². The summed E-state index contributed by atoms with van der Waals surface area (Å²) in [5.74, 6) is 0.102. The Balaban J connectivity index is 1.68. The van der Waals surface area contributed by atoms with Crippen LogP contribution in [0.25, 0.3) is 0 Å². The van der Waals surface area contributed by atoms with Gasteiger partial charge in [-0.25, -0.2) is 4.79 Å². The number of ketones is 1. The molecule has 1 saturated carbocycles. The first-order chi connectivity index (χ1) is 12.0. The molecule has 0 radical (unpaired) electrons. The van der Waals surface area contributed by atoms with Crippen LogP contribution in [0.2, 0.25) is 0 Å². The van der Waals surface area contributed by atoms with E-state index in [0.717, 1.165) is 31.2 Å². The first kappa shape index (κ1) is 19.2. The highest BCUT2D eigenvalue weighted by atomic mass is 16.6. The van der Waals surface area contributed by atoms with Crippen LogP contribution >= 0.6 is 0 Å². The number of hydrogen-bond acceptors (Lipinski definition) is 5. The maximum atomic E-state index is 12.0. The molecule has 0 bridgehead atoms. The minimum absolute atomic E-state index is 0.0132. The Morgan fingerprint density at radius 1 is 0.960 bits per heavy atom. The van der Waals surface area contributed by atoms with Crippen LogP contribution in [0.3, 0.4) is 0 Å². The van der Waals surface area contributed by atoms with Crippen LogP contribution in [0.1, 0.15) is 55.5 Å². The summed E-state index contributed by atoms with van der Waals surface area (Å²) in [6.45, 7) is 3.85. The summed E-state index contributed by atoms with van der Waals surface area (Å²) in [4.78, 5) is 34.9. The zero-order chi connectivity index (χ0) is 18.2. The molecule has 0 spiro atoms. The average Bonchev–Trinajstić information content (AvgIpc) is 2.59. The molecule has 2 rings (SSSR count). The van der Waals surface area contributed by atoms with Crippen molar-refractivity contribution in [2.24, 2.45) is 11.8 Å². The van der Waals surface area contributed by atoms with Gasteiger partial charge in [-0.1, -0.05) is 19.1 Å². The Kier molecular flexibility index (Phi) is 7.16. The van der Waals surface area contributed by atoms with E-state index in [9.17, 15) is 14.4 Å². The fourth-order valence-electron chi connectivity index (χ4n) is 3.02. The highest BCUT2D eigenvalue weighted by Gasteiger charge is 2.25. The van der Waals surface area contributed by atoms with Crippen molar-refractivity contribution >= 4 is 17.7 Å². The fraction of sp³-hybridized carbons (Fsp3) is 0.550. The van der Waals surface area contributed by atoms with Crippen molar-refractivity contribution in [2.75, 3.05) is 13.2 Å². The van der Waals surface area contributed by atoms with E-state index in [1.165, 1.54) is 6.92 Å². The van der Waals surface area contributed by atoms with Crippen molar-refractivity contribution in [3.8, 4) is 0 Å². The molecule has 1 aromatic carbocycles. The number of rotatable bonds is 7. The Morgan fingerprint density at radius 3 is 2.16 bits per heavy atom. The van der Waals surface area contributed by atoms with Crippen LogP contribution in [0.5, 0.6) is 0 Å². The highest BCUT2D eigenvalue weighted by Crippen LogP contribution is 2.28. The lowest BCUT2D eigenvalue weighted by Crippen LogP contribution is -2.24. The quantitative estimate of drug-likeness (QED) is 0.559. The Morgan fingerprint density at radius 2 is 1.56 bits per heavy atom. The first-order valence-electron chi connectivity index (χ1n) is 8.88. The molecule has 136 valence electrons. The SMILES string of the molecule is CC(=O)Cc1ccc(C(=O)OCCOC(=O)C2CCC(C)CC2)cc1. The number of ether oxygens (including phenoxy) is 2. The summed E-state index contributed by atoms with van der Waals surface area (Å²) in [6.07, 6.45) is 4.24. The van der Waals surface area contributed by atoms with Gasteiger partial charge in [0.05, 0.1) is 11.5 Å². The van der Waals surface area contributed by atoms with Crippen LogP contribution in [0, 0.1) is 11.8 Å². The van der Waals surface area contributed by atoms with Gasteiger partial charge in [-0.15, -0.1) is 0 Å². The predicted octanol–water partition coefficient (Wildman–Crippen LogP) is 3.34. The number of benzene rings is 1. The molecule has 0 saturated heterocycles. The van der Waals surface area contributed by atoms with Crippen LogP contribution in [0.4, 0.5) is 0 Å². The van der Waals surface area contributed by atoms with Crippen LogP contribution in [-0.2, 0) is 25.5 Å². The summed E-state index contributed by atoms with van der Waals surface area (Å²) in [5, 5.41) is 0. The molecule has 1 fully saturated rings. The second kappa shape index (κ2) is 9.35. The third kappa shape index (κ3) is 6.33. The average molecular weight is 346 g/mol. The van der Waals surface area contributed by atoms with Crippen molar-refractivity contribution in [1.29, 1.82) is 0 Å². The van der Waals surface area contributed by atoms with Gasteiger partial charge >= 0.3 is 11.9 Å². The monoisotopic (exact) mass is 346 g/mol. The molecule has 0 heterocycles. The maximum Gasteiger partial charge on any atom is 0.338 e. The fourth-order valence-corrected chi connectivity index (χ4v) is 3.02. The topological polar surface area (TPSA) is 69.7 Å². The summed E-state index contributed by atoms with van der Waals surface area (Å²) >= 11 is 0. The van der Waals surface area contributed by atoms with Gasteiger partial charge in [-0.3, -0.25) is 9.59 Å². The van der Waals surface area contributed by atoms with Crippen LogP contribution in [0.15, 0.2) is 24.3 Å². The maximum absolute atomic E-state index is 12.0. The van der Waals surface area contributed by atoms with E-state index in [0.29, 0.717) is 17.9 Å². The number of esters is 2. The van der Waals surface area contributed by atoms with Gasteiger partial charge in [0.15, 0.2) is 0 Å². The third-order valence-electron chi connectivity index (χ3n) is 4.55. The lowest BCUT2D eigenvalue weighted by Gasteiger charge is -2.24. The standard InChI is InChI=1S/C20H26O5/c1-14-3-7-17(8-4-14)19(22)24-11-12-25-20(23)18-9-5-16(6-10-18)13-15(2)21/h5-6,9-10,14,17H,3-4,7-8,11-13H2,1-2H3. The van der Waals surface area contributed by atoms with E-state index in [1.54, 1.807) is 24.3 Å². The Hall–Kier alpha value is -2.17. The van der Waals surface area contributed by atoms with Crippen LogP contribution in [-0.4, -0.2) is 30.9 Å². The zero-order valence-electron chi connectivity index (χ0n) is 15.0. The molecule has 0 amide bonds. The Labute approximate surface area is 148 Å². The molecule has 0 aromatic heterocycles. The zero-order valence-corrected chi connectivity index (χ0v) is 15.0. The van der Waals surface area contributed by atoms with Crippen molar-refractivity contribution < 1.29 is 23.9 Å². The molecular formula is C20H26O5. The number of carbonyl (C=O) groups excluding carboxylic acids is 3. The summed E-state index contributed by atoms with van der Waals surface area (Å²) in [7, 11) is 0. The first-order valence-corrected chi connectivity index (χ1v) is 8.88. The largest absolute Gasteiger partial charge is 0.462 e. The Bertz CT molecular complexity index is 597. The molecule has 5 heteroatoms. The van der Waals surface area contributed by atoms with Gasteiger partial charge in [0, 0.05) is 6.42 Å². The number of Topliss-reactive ketones (excluding diaryl/α,β-unsaturated/α-hetero) is 1. The summed E-state index contributed by atoms with van der Waals surface area (Å²) in [5.41, 5.74) is 1.28.